The molecule has 0 saturated heterocycles. The minimum atomic E-state index is 0.962. The lowest BCUT2D eigenvalue weighted by Gasteiger charge is -2.07. The van der Waals surface area contributed by atoms with Crippen LogP contribution in [-0.4, -0.2) is 0 Å². The van der Waals surface area contributed by atoms with Crippen LogP contribution in [0.3, 0.4) is 0 Å². The fourth-order valence-electron chi connectivity index (χ4n) is 4.47. The van der Waals surface area contributed by atoms with E-state index in [2.05, 4.69) is 67.6 Å². The van der Waals surface area contributed by atoms with Gasteiger partial charge in [0.15, 0.2) is 0 Å². The van der Waals surface area contributed by atoms with Gasteiger partial charge >= 0.3 is 0 Å². The van der Waals surface area contributed by atoms with E-state index >= 15 is 0 Å². The van der Waals surface area contributed by atoms with Crippen molar-refractivity contribution in [3.63, 3.8) is 0 Å². The summed E-state index contributed by atoms with van der Waals surface area (Å²) in [5.74, 6) is 0. The summed E-state index contributed by atoms with van der Waals surface area (Å²) in [7, 11) is 0. The normalized spacial score (nSPS) is 11.9. The van der Waals surface area contributed by atoms with Crippen LogP contribution >= 0.6 is 0 Å². The van der Waals surface area contributed by atoms with Crippen LogP contribution in [0.15, 0.2) is 71.1 Å². The van der Waals surface area contributed by atoms with Gasteiger partial charge in [0.05, 0.1) is 0 Å². The summed E-state index contributed by atoms with van der Waals surface area (Å²) in [4.78, 5) is 0. The van der Waals surface area contributed by atoms with Crippen molar-refractivity contribution in [3.8, 4) is 0 Å². The average molecular weight is 367 g/mol. The second kappa shape index (κ2) is 7.31. The Hall–Kier alpha value is -2.80. The van der Waals surface area contributed by atoms with Gasteiger partial charge in [-0.3, -0.25) is 0 Å². The van der Waals surface area contributed by atoms with Gasteiger partial charge in [-0.05, 0) is 52.8 Å². The molecular weight excluding hydrogens is 340 g/mol. The van der Waals surface area contributed by atoms with Gasteiger partial charge in [-0.1, -0.05) is 81.1 Å². The number of hydrogen-bond acceptors (Lipinski definition) is 1. The third-order valence-electron chi connectivity index (χ3n) is 5.99. The second-order valence-corrected chi connectivity index (χ2v) is 7.92. The molecule has 1 heteroatoms. The molecule has 0 amide bonds. The molecule has 0 unspecified atom stereocenters. The van der Waals surface area contributed by atoms with Crippen LogP contribution in [0.4, 0.5) is 0 Å². The Morgan fingerprint density at radius 3 is 2.32 bits per heavy atom. The number of aryl methyl sites for hydroxylation is 1. The number of unbranched alkanes of at least 4 members (excludes halogenated alkanes) is 4. The van der Waals surface area contributed by atoms with Crippen LogP contribution in [-0.2, 0) is 6.42 Å². The molecule has 0 aliphatic heterocycles. The van der Waals surface area contributed by atoms with Gasteiger partial charge < -0.3 is 4.42 Å². The van der Waals surface area contributed by atoms with Crippen molar-refractivity contribution >= 4 is 43.5 Å². The van der Waals surface area contributed by atoms with Gasteiger partial charge in [0.1, 0.15) is 11.2 Å². The lowest BCUT2D eigenvalue weighted by atomic mass is 9.97. The molecule has 0 aliphatic carbocycles. The molecule has 0 bridgehead atoms. The van der Waals surface area contributed by atoms with Crippen molar-refractivity contribution in [1.82, 2.24) is 0 Å². The van der Waals surface area contributed by atoms with E-state index in [4.69, 9.17) is 4.42 Å². The molecule has 1 heterocycles. The van der Waals surface area contributed by atoms with Gasteiger partial charge in [0.25, 0.3) is 0 Å². The number of benzene rings is 4. The number of furan rings is 1. The maximum absolute atomic E-state index is 6.22. The molecule has 0 aliphatic rings. The van der Waals surface area contributed by atoms with Gasteiger partial charge in [-0.2, -0.15) is 0 Å². The van der Waals surface area contributed by atoms with Gasteiger partial charge in [-0.15, -0.1) is 0 Å². The average Bonchev–Trinajstić information content (AvgIpc) is 3.12. The minimum absolute atomic E-state index is 0.962. The van der Waals surface area contributed by atoms with Gasteiger partial charge in [0.2, 0.25) is 0 Å². The highest BCUT2D eigenvalue weighted by molar-refractivity contribution is 6.20. The van der Waals surface area contributed by atoms with Gasteiger partial charge in [0, 0.05) is 16.2 Å². The summed E-state index contributed by atoms with van der Waals surface area (Å²) in [6, 6.07) is 24.2. The molecule has 0 atom stereocenters. The van der Waals surface area contributed by atoms with Crippen molar-refractivity contribution in [3.05, 3.63) is 72.3 Å². The quantitative estimate of drug-likeness (QED) is 0.217. The molecule has 0 fully saturated rings. The third-order valence-corrected chi connectivity index (χ3v) is 5.99. The molecule has 28 heavy (non-hydrogen) atoms. The Balaban J connectivity index is 1.55. The Morgan fingerprint density at radius 2 is 1.39 bits per heavy atom. The first-order valence-electron chi connectivity index (χ1n) is 10.6. The van der Waals surface area contributed by atoms with Crippen molar-refractivity contribution in [2.24, 2.45) is 0 Å². The van der Waals surface area contributed by atoms with E-state index in [1.54, 1.807) is 0 Å². The third kappa shape index (κ3) is 2.96. The highest BCUT2D eigenvalue weighted by Crippen LogP contribution is 2.36. The van der Waals surface area contributed by atoms with E-state index in [9.17, 15) is 0 Å². The predicted octanol–water partition coefficient (Wildman–Crippen LogP) is 8.41. The van der Waals surface area contributed by atoms with Crippen LogP contribution in [0.25, 0.3) is 43.5 Å². The maximum atomic E-state index is 6.22. The number of para-hydroxylation sites is 1. The Kier molecular flexibility index (Phi) is 4.52. The molecule has 1 nitrogen and oxygen atoms in total. The Labute approximate surface area is 166 Å². The standard InChI is InChI=1S/C27H26O/c1-2-3-4-5-6-9-19-12-14-21-20(18-19)13-15-24-22(21)16-17-25-23-10-7-8-11-26(23)28-27(24)25/h7-8,10-18H,2-6,9H2,1H3. The van der Waals surface area contributed by atoms with E-state index in [0.29, 0.717) is 0 Å². The van der Waals surface area contributed by atoms with E-state index in [-0.39, 0.29) is 0 Å². The molecule has 0 spiro atoms. The number of rotatable bonds is 6. The number of hydrogen-bond donors (Lipinski definition) is 0. The first-order chi connectivity index (χ1) is 13.8. The van der Waals surface area contributed by atoms with Crippen molar-refractivity contribution < 1.29 is 4.42 Å². The topological polar surface area (TPSA) is 13.1 Å². The molecule has 0 saturated carbocycles. The van der Waals surface area contributed by atoms with E-state index in [0.717, 1.165) is 11.2 Å². The maximum Gasteiger partial charge on any atom is 0.143 e. The molecule has 5 aromatic rings. The zero-order chi connectivity index (χ0) is 18.9. The molecular formula is C27H26O. The van der Waals surface area contributed by atoms with Crippen molar-refractivity contribution in [2.45, 2.75) is 45.4 Å². The van der Waals surface area contributed by atoms with Gasteiger partial charge in [-0.25, -0.2) is 0 Å². The first-order valence-corrected chi connectivity index (χ1v) is 10.6. The number of fused-ring (bicyclic) bond motifs is 7. The van der Waals surface area contributed by atoms with Crippen molar-refractivity contribution in [1.29, 1.82) is 0 Å². The van der Waals surface area contributed by atoms with Crippen LogP contribution in [0.2, 0.25) is 0 Å². The first kappa shape index (κ1) is 17.3. The summed E-state index contributed by atoms with van der Waals surface area (Å²) < 4.78 is 6.22. The molecule has 0 N–H and O–H groups in total. The lowest BCUT2D eigenvalue weighted by Crippen LogP contribution is -1.87. The van der Waals surface area contributed by atoms with Crippen LogP contribution in [0.5, 0.6) is 0 Å². The van der Waals surface area contributed by atoms with Crippen molar-refractivity contribution in [2.75, 3.05) is 0 Å². The summed E-state index contributed by atoms with van der Waals surface area (Å²) in [5, 5.41) is 7.51. The molecule has 5 rings (SSSR count). The molecule has 0 radical (unpaired) electrons. The van der Waals surface area contributed by atoms with E-state index < -0.39 is 0 Å². The lowest BCUT2D eigenvalue weighted by molar-refractivity contribution is 0.632. The van der Waals surface area contributed by atoms with E-state index in [1.165, 1.54) is 76.4 Å². The predicted molar refractivity (Wildman–Crippen MR) is 121 cm³/mol. The minimum Gasteiger partial charge on any atom is -0.455 e. The Morgan fingerprint density at radius 1 is 0.643 bits per heavy atom. The van der Waals surface area contributed by atoms with Crippen LogP contribution < -0.4 is 0 Å². The molecule has 4 aromatic carbocycles. The molecule has 1 aromatic heterocycles. The monoisotopic (exact) mass is 366 g/mol. The Bertz CT molecular complexity index is 1280. The van der Waals surface area contributed by atoms with Crippen LogP contribution in [0.1, 0.15) is 44.6 Å². The summed E-state index contributed by atoms with van der Waals surface area (Å²) in [5.41, 5.74) is 3.41. The largest absolute Gasteiger partial charge is 0.455 e. The second-order valence-electron chi connectivity index (χ2n) is 7.92. The highest BCUT2D eigenvalue weighted by Gasteiger charge is 2.11. The summed E-state index contributed by atoms with van der Waals surface area (Å²) >= 11 is 0. The molecule has 140 valence electrons. The summed E-state index contributed by atoms with van der Waals surface area (Å²) in [6.45, 7) is 2.27. The summed E-state index contributed by atoms with van der Waals surface area (Å²) in [6.07, 6.45) is 7.84. The van der Waals surface area contributed by atoms with E-state index in [1.807, 2.05) is 6.07 Å². The van der Waals surface area contributed by atoms with Crippen LogP contribution in [0, 0.1) is 0 Å². The zero-order valence-corrected chi connectivity index (χ0v) is 16.5. The zero-order valence-electron chi connectivity index (χ0n) is 16.5. The highest BCUT2D eigenvalue weighted by atomic mass is 16.3. The smallest absolute Gasteiger partial charge is 0.143 e. The SMILES string of the molecule is CCCCCCCc1ccc2c(ccc3c2ccc2c4ccccc4oc23)c1. The fourth-order valence-corrected chi connectivity index (χ4v) is 4.47. The fraction of sp³-hybridized carbons (Fsp3) is 0.259.